The first-order valence-corrected chi connectivity index (χ1v) is 7.45. The SMILES string of the molecule is Cc1ccc(Sc2ccc3c(c2)CCCC3=O)cc1. The zero-order chi connectivity index (χ0) is 13.2. The monoisotopic (exact) mass is 268 g/mol. The zero-order valence-corrected chi connectivity index (χ0v) is 11.8. The van der Waals surface area contributed by atoms with Gasteiger partial charge in [0.2, 0.25) is 0 Å². The molecule has 0 unspecified atom stereocenters. The Labute approximate surface area is 118 Å². The zero-order valence-electron chi connectivity index (χ0n) is 11.0. The molecule has 0 spiro atoms. The Balaban J connectivity index is 1.86. The Hall–Kier alpha value is -1.54. The number of aryl methyl sites for hydroxylation is 2. The minimum absolute atomic E-state index is 0.299. The van der Waals surface area contributed by atoms with Crippen LogP contribution in [0.15, 0.2) is 52.3 Å². The number of benzene rings is 2. The van der Waals surface area contributed by atoms with Crippen molar-refractivity contribution in [3.63, 3.8) is 0 Å². The molecule has 2 aromatic carbocycles. The van der Waals surface area contributed by atoms with E-state index >= 15 is 0 Å². The third-order valence-corrected chi connectivity index (χ3v) is 4.48. The van der Waals surface area contributed by atoms with Crippen LogP contribution >= 0.6 is 11.8 Å². The van der Waals surface area contributed by atoms with Crippen LogP contribution in [0.4, 0.5) is 0 Å². The molecule has 2 aromatic rings. The molecule has 1 aliphatic rings. The van der Waals surface area contributed by atoms with E-state index in [0.717, 1.165) is 18.4 Å². The molecule has 0 atom stereocenters. The predicted molar refractivity (Wildman–Crippen MR) is 79.0 cm³/mol. The van der Waals surface area contributed by atoms with Gasteiger partial charge in [0.1, 0.15) is 0 Å². The van der Waals surface area contributed by atoms with Crippen LogP contribution in [0.3, 0.4) is 0 Å². The number of carbonyl (C=O) groups is 1. The van der Waals surface area contributed by atoms with Crippen molar-refractivity contribution in [3.8, 4) is 0 Å². The Bertz CT molecular complexity index is 614. The highest BCUT2D eigenvalue weighted by atomic mass is 32.2. The summed E-state index contributed by atoms with van der Waals surface area (Å²) >= 11 is 1.76. The number of hydrogen-bond acceptors (Lipinski definition) is 2. The van der Waals surface area contributed by atoms with Gasteiger partial charge in [-0.25, -0.2) is 0 Å². The number of ketones is 1. The molecule has 0 amide bonds. The second-order valence-electron chi connectivity index (χ2n) is 5.01. The fourth-order valence-electron chi connectivity index (χ4n) is 2.43. The molecule has 3 rings (SSSR count). The largest absolute Gasteiger partial charge is 0.294 e. The molecule has 1 nitrogen and oxygen atoms in total. The number of rotatable bonds is 2. The smallest absolute Gasteiger partial charge is 0.163 e. The van der Waals surface area contributed by atoms with Crippen molar-refractivity contribution < 1.29 is 4.79 Å². The maximum atomic E-state index is 11.8. The molecule has 2 heteroatoms. The molecular formula is C17H16OS. The fourth-order valence-corrected chi connectivity index (χ4v) is 3.31. The van der Waals surface area contributed by atoms with Crippen molar-refractivity contribution in [1.29, 1.82) is 0 Å². The van der Waals surface area contributed by atoms with Crippen molar-refractivity contribution in [1.82, 2.24) is 0 Å². The molecule has 1 aliphatic carbocycles. The number of fused-ring (bicyclic) bond motifs is 1. The molecule has 19 heavy (non-hydrogen) atoms. The van der Waals surface area contributed by atoms with Gasteiger partial charge < -0.3 is 0 Å². The lowest BCUT2D eigenvalue weighted by molar-refractivity contribution is 0.0972. The van der Waals surface area contributed by atoms with E-state index in [4.69, 9.17) is 0 Å². The summed E-state index contributed by atoms with van der Waals surface area (Å²) in [6.45, 7) is 2.10. The van der Waals surface area contributed by atoms with E-state index in [1.54, 1.807) is 11.8 Å². The quantitative estimate of drug-likeness (QED) is 0.787. The van der Waals surface area contributed by atoms with Crippen LogP contribution in [0.5, 0.6) is 0 Å². The normalized spacial score (nSPS) is 14.3. The van der Waals surface area contributed by atoms with Gasteiger partial charge in [-0.05, 0) is 49.6 Å². The van der Waals surface area contributed by atoms with E-state index in [9.17, 15) is 4.79 Å². The molecule has 0 aromatic heterocycles. The average Bonchev–Trinajstić information content (AvgIpc) is 2.42. The summed E-state index contributed by atoms with van der Waals surface area (Å²) in [6, 6.07) is 14.8. The number of hydrogen-bond donors (Lipinski definition) is 0. The van der Waals surface area contributed by atoms with Gasteiger partial charge in [-0.3, -0.25) is 4.79 Å². The third-order valence-electron chi connectivity index (χ3n) is 3.48. The first kappa shape index (κ1) is 12.5. The van der Waals surface area contributed by atoms with Gasteiger partial charge in [0.25, 0.3) is 0 Å². The van der Waals surface area contributed by atoms with Gasteiger partial charge in [0.05, 0.1) is 0 Å². The molecule has 0 N–H and O–H groups in total. The third kappa shape index (κ3) is 2.74. The summed E-state index contributed by atoms with van der Waals surface area (Å²) in [7, 11) is 0. The molecular weight excluding hydrogens is 252 g/mol. The van der Waals surface area contributed by atoms with Gasteiger partial charge in [-0.2, -0.15) is 0 Å². The van der Waals surface area contributed by atoms with Crippen LogP contribution in [0, 0.1) is 6.92 Å². The van der Waals surface area contributed by atoms with Crippen molar-refractivity contribution >= 4 is 17.5 Å². The van der Waals surface area contributed by atoms with Gasteiger partial charge in [-0.15, -0.1) is 0 Å². The summed E-state index contributed by atoms with van der Waals surface area (Å²) in [5.41, 5.74) is 3.42. The van der Waals surface area contributed by atoms with Crippen LogP contribution in [-0.4, -0.2) is 5.78 Å². The van der Waals surface area contributed by atoms with E-state index in [-0.39, 0.29) is 0 Å². The molecule has 0 fully saturated rings. The summed E-state index contributed by atoms with van der Waals surface area (Å²) in [5, 5.41) is 0. The highest BCUT2D eigenvalue weighted by Gasteiger charge is 2.17. The number of Topliss-reactive ketones (excluding diaryl/α,β-unsaturated/α-hetero) is 1. The summed E-state index contributed by atoms with van der Waals surface area (Å²) in [4.78, 5) is 14.2. The molecule has 0 saturated carbocycles. The molecule has 0 bridgehead atoms. The van der Waals surface area contributed by atoms with Crippen molar-refractivity contribution in [3.05, 3.63) is 59.2 Å². The standard InChI is InChI=1S/C17H16OS/c1-12-5-7-14(8-6-12)19-15-9-10-16-13(11-15)3-2-4-17(16)18/h5-11H,2-4H2,1H3. The summed E-state index contributed by atoms with van der Waals surface area (Å²) < 4.78 is 0. The van der Waals surface area contributed by atoms with E-state index in [2.05, 4.69) is 43.3 Å². The van der Waals surface area contributed by atoms with Crippen molar-refractivity contribution in [2.75, 3.05) is 0 Å². The summed E-state index contributed by atoms with van der Waals surface area (Å²) in [5.74, 6) is 0.299. The topological polar surface area (TPSA) is 17.1 Å². The Morgan fingerprint density at radius 3 is 2.47 bits per heavy atom. The van der Waals surface area contributed by atoms with E-state index < -0.39 is 0 Å². The minimum Gasteiger partial charge on any atom is -0.294 e. The van der Waals surface area contributed by atoms with Gasteiger partial charge in [-0.1, -0.05) is 35.5 Å². The van der Waals surface area contributed by atoms with Gasteiger partial charge >= 0.3 is 0 Å². The van der Waals surface area contributed by atoms with Crippen LogP contribution in [0.1, 0.15) is 34.3 Å². The molecule has 0 aliphatic heterocycles. The van der Waals surface area contributed by atoms with Gasteiger partial charge in [0, 0.05) is 21.8 Å². The van der Waals surface area contributed by atoms with Crippen molar-refractivity contribution in [2.45, 2.75) is 36.0 Å². The first-order valence-electron chi connectivity index (χ1n) is 6.63. The lowest BCUT2D eigenvalue weighted by atomic mass is 9.91. The van der Waals surface area contributed by atoms with E-state index in [1.165, 1.54) is 20.9 Å². The highest BCUT2D eigenvalue weighted by molar-refractivity contribution is 7.99. The average molecular weight is 268 g/mol. The second kappa shape index (κ2) is 5.22. The van der Waals surface area contributed by atoms with Crippen molar-refractivity contribution in [2.24, 2.45) is 0 Å². The Morgan fingerprint density at radius 1 is 0.947 bits per heavy atom. The van der Waals surface area contributed by atoms with Crippen LogP contribution in [0.2, 0.25) is 0 Å². The lowest BCUT2D eigenvalue weighted by Crippen LogP contribution is -2.10. The van der Waals surface area contributed by atoms with E-state index in [1.807, 2.05) is 6.07 Å². The van der Waals surface area contributed by atoms with Crippen LogP contribution in [-0.2, 0) is 6.42 Å². The van der Waals surface area contributed by atoms with Crippen LogP contribution in [0.25, 0.3) is 0 Å². The lowest BCUT2D eigenvalue weighted by Gasteiger charge is -2.15. The van der Waals surface area contributed by atoms with Gasteiger partial charge in [0.15, 0.2) is 5.78 Å². The Morgan fingerprint density at radius 2 is 1.68 bits per heavy atom. The summed E-state index contributed by atoms with van der Waals surface area (Å²) in [6.07, 6.45) is 2.73. The number of carbonyl (C=O) groups excluding carboxylic acids is 1. The Kier molecular flexibility index (Phi) is 3.43. The van der Waals surface area contributed by atoms with E-state index in [0.29, 0.717) is 12.2 Å². The maximum absolute atomic E-state index is 11.8. The molecule has 0 saturated heterocycles. The van der Waals surface area contributed by atoms with Crippen LogP contribution < -0.4 is 0 Å². The molecule has 0 radical (unpaired) electrons. The molecule has 0 heterocycles. The maximum Gasteiger partial charge on any atom is 0.163 e. The second-order valence-corrected chi connectivity index (χ2v) is 6.16. The fraction of sp³-hybridized carbons (Fsp3) is 0.235. The first-order chi connectivity index (χ1) is 9.22. The predicted octanol–water partition coefficient (Wildman–Crippen LogP) is 4.67. The minimum atomic E-state index is 0.299. The molecule has 96 valence electrons. The highest BCUT2D eigenvalue weighted by Crippen LogP contribution is 2.31.